The van der Waals surface area contributed by atoms with Gasteiger partial charge in [0.25, 0.3) is 0 Å². The number of hydrogen-bond acceptors (Lipinski definition) is 11. The van der Waals surface area contributed by atoms with E-state index in [2.05, 4.69) is 0 Å². The Bertz CT molecular complexity index is 1130. The van der Waals surface area contributed by atoms with Crippen LogP contribution in [0.25, 0.3) is 0 Å². The number of rotatable bonds is 9. The molecule has 40 heavy (non-hydrogen) atoms. The fraction of sp³-hybridized carbons (Fsp3) is 0.593. The Morgan fingerprint density at radius 1 is 0.825 bits per heavy atom. The fourth-order valence-electron chi connectivity index (χ4n) is 5.39. The van der Waals surface area contributed by atoms with Crippen molar-refractivity contribution in [1.29, 1.82) is 0 Å². The van der Waals surface area contributed by atoms with Gasteiger partial charge in [-0.25, -0.2) is 0 Å². The average Bonchev–Trinajstić information content (AvgIpc) is 3.36. The second-order valence-corrected chi connectivity index (χ2v) is 13.0. The van der Waals surface area contributed by atoms with Gasteiger partial charge in [0.1, 0.15) is 0 Å². The first-order valence-corrected chi connectivity index (χ1v) is 15.1. The van der Waals surface area contributed by atoms with Crippen molar-refractivity contribution in [2.45, 2.75) is 87.0 Å². The number of alkyl halides is 1. The number of Topliss-reactive ketones (excluding diaryl/α,β-unsaturated/α-hetero) is 1. The van der Waals surface area contributed by atoms with E-state index in [0.717, 1.165) is 18.3 Å². The van der Waals surface area contributed by atoms with Gasteiger partial charge in [-0.3, -0.25) is 0 Å². The first kappa shape index (κ1) is 30.5. The number of carbonyl (C=O) groups is 5. The third-order valence-electron chi connectivity index (χ3n) is 6.86. The number of carbonyl (C=O) groups excluding carboxylic acids is 5. The van der Waals surface area contributed by atoms with Crippen LogP contribution in [0, 0.1) is 5.92 Å². The van der Waals surface area contributed by atoms with Gasteiger partial charge < -0.3 is 0 Å². The Morgan fingerprint density at radius 2 is 1.40 bits per heavy atom. The Labute approximate surface area is 242 Å². The Hall–Kier alpha value is -2.50. The van der Waals surface area contributed by atoms with Gasteiger partial charge in [-0.15, -0.1) is 0 Å². The fourth-order valence-corrected chi connectivity index (χ4v) is 8.69. The zero-order valence-corrected chi connectivity index (χ0v) is 24.8. The summed E-state index contributed by atoms with van der Waals surface area (Å²) in [6, 6.07) is 9.81. The summed E-state index contributed by atoms with van der Waals surface area (Å²) < 4.78 is 35.0. The molecule has 1 aromatic rings. The summed E-state index contributed by atoms with van der Waals surface area (Å²) in [5, 5.41) is -0.482. The zero-order chi connectivity index (χ0) is 29.1. The molecule has 3 aliphatic rings. The van der Waals surface area contributed by atoms with Gasteiger partial charge in [-0.2, -0.15) is 0 Å². The van der Waals surface area contributed by atoms with Crippen molar-refractivity contribution in [3.8, 4) is 0 Å². The summed E-state index contributed by atoms with van der Waals surface area (Å²) in [7, 11) is 0. The topological polar surface area (TPSA) is 141 Å². The standard InChI is InChI=1S/C27H31ClO11Se/c1-12(29)34-11-19-24(36-14(3)31)26(37-15(4)32)23(35-13(2)30)18(38-19)10-17-21(33)25-20(28)27(22(17)39-25)40-16-8-6-5-7-9-16/h5-9,17-20,22-27H,10-11H2,1-4H3/t17-,18-,19-,20+,22+,23+,24+,25+,26-,27-/m1/s1. The van der Waals surface area contributed by atoms with Crippen LogP contribution in [-0.2, 0) is 52.4 Å². The maximum absolute atomic E-state index is 13.4. The predicted octanol–water partition coefficient (Wildman–Crippen LogP) is 0.894. The molecule has 2 bridgehead atoms. The molecular weight excluding hydrogens is 615 g/mol. The number of halogens is 1. The number of benzene rings is 1. The SMILES string of the molecule is CC(=O)OC[C@H]1O[C@H](C[C@@H]2C(=O)[C@H]3O[C@@H]2[C@H]([Se]c2ccccc2)[C@H]3Cl)[C@H](OC(C)=O)[C@@H](OC(C)=O)[C@H]1OC(C)=O. The van der Waals surface area contributed by atoms with E-state index in [0.29, 0.717) is 0 Å². The maximum atomic E-state index is 13.4. The monoisotopic (exact) mass is 646 g/mol. The molecule has 13 heteroatoms. The zero-order valence-electron chi connectivity index (χ0n) is 22.4. The van der Waals surface area contributed by atoms with Crippen LogP contribution in [-0.4, -0.2) is 99.3 Å². The molecule has 0 radical (unpaired) electrons. The summed E-state index contributed by atoms with van der Waals surface area (Å²) in [6.45, 7) is 4.36. The van der Waals surface area contributed by atoms with Crippen LogP contribution < -0.4 is 4.46 Å². The second kappa shape index (κ2) is 13.0. The molecular formula is C27H31ClO11Se. The molecule has 3 fully saturated rings. The van der Waals surface area contributed by atoms with Gasteiger partial charge >= 0.3 is 243 Å². The van der Waals surface area contributed by atoms with E-state index >= 15 is 0 Å². The van der Waals surface area contributed by atoms with E-state index in [1.54, 1.807) is 0 Å². The van der Waals surface area contributed by atoms with Crippen LogP contribution in [0.1, 0.15) is 34.1 Å². The molecule has 11 nitrogen and oxygen atoms in total. The number of esters is 4. The molecule has 0 aromatic heterocycles. The van der Waals surface area contributed by atoms with Crippen molar-refractivity contribution in [3.63, 3.8) is 0 Å². The van der Waals surface area contributed by atoms with Gasteiger partial charge in [-0.05, 0) is 0 Å². The number of ether oxygens (including phenoxy) is 6. The second-order valence-electron chi connectivity index (χ2n) is 9.84. The normalized spacial score (nSPS) is 34.7. The molecule has 3 heterocycles. The molecule has 0 aliphatic carbocycles. The van der Waals surface area contributed by atoms with Crippen LogP contribution in [0.2, 0.25) is 4.82 Å². The quantitative estimate of drug-likeness (QED) is 0.164. The Morgan fingerprint density at radius 3 is 1.95 bits per heavy atom. The van der Waals surface area contributed by atoms with Crippen LogP contribution in [0.4, 0.5) is 0 Å². The summed E-state index contributed by atoms with van der Waals surface area (Å²) in [5.41, 5.74) is 0. The summed E-state index contributed by atoms with van der Waals surface area (Å²) in [5.74, 6) is -3.56. The van der Waals surface area contributed by atoms with Gasteiger partial charge in [0.2, 0.25) is 0 Å². The van der Waals surface area contributed by atoms with Gasteiger partial charge in [-0.1, -0.05) is 0 Å². The third-order valence-corrected chi connectivity index (χ3v) is 10.6. The summed E-state index contributed by atoms with van der Waals surface area (Å²) in [4.78, 5) is 61.0. The van der Waals surface area contributed by atoms with Crippen molar-refractivity contribution < 1.29 is 52.4 Å². The summed E-state index contributed by atoms with van der Waals surface area (Å²) >= 11 is 6.59. The molecule has 10 atom stereocenters. The van der Waals surface area contributed by atoms with Crippen molar-refractivity contribution >= 4 is 60.7 Å². The van der Waals surface area contributed by atoms with E-state index in [1.807, 2.05) is 30.3 Å². The predicted molar refractivity (Wildman–Crippen MR) is 139 cm³/mol. The third kappa shape index (κ3) is 6.86. The van der Waals surface area contributed by atoms with Gasteiger partial charge in [0, 0.05) is 0 Å². The van der Waals surface area contributed by atoms with Crippen LogP contribution >= 0.6 is 11.6 Å². The molecule has 4 rings (SSSR count). The molecule has 3 saturated heterocycles. The average molecular weight is 646 g/mol. The van der Waals surface area contributed by atoms with E-state index < -0.39 is 77.9 Å². The molecule has 0 spiro atoms. The molecule has 0 amide bonds. The first-order chi connectivity index (χ1) is 19.0. The minimum atomic E-state index is -1.29. The van der Waals surface area contributed by atoms with Crippen LogP contribution in [0.5, 0.6) is 0 Å². The first-order valence-electron chi connectivity index (χ1n) is 12.8. The Balaban J connectivity index is 1.64. The number of fused-ring (bicyclic) bond motifs is 2. The number of hydrogen-bond donors (Lipinski definition) is 0. The van der Waals surface area contributed by atoms with Gasteiger partial charge in [0.15, 0.2) is 0 Å². The molecule has 0 unspecified atom stereocenters. The van der Waals surface area contributed by atoms with Crippen LogP contribution in [0.15, 0.2) is 30.3 Å². The van der Waals surface area contributed by atoms with E-state index in [-0.39, 0.29) is 38.6 Å². The minimum absolute atomic E-state index is 0.0457. The summed E-state index contributed by atoms with van der Waals surface area (Å²) in [6.07, 6.45) is -7.06. The van der Waals surface area contributed by atoms with Crippen molar-refractivity contribution in [2.24, 2.45) is 5.92 Å². The number of ketones is 1. The van der Waals surface area contributed by atoms with E-state index in [1.165, 1.54) is 13.8 Å². The molecule has 0 N–H and O–H groups in total. The van der Waals surface area contributed by atoms with Crippen molar-refractivity contribution in [3.05, 3.63) is 30.3 Å². The molecule has 218 valence electrons. The van der Waals surface area contributed by atoms with E-state index in [4.69, 9.17) is 40.0 Å². The molecule has 3 aliphatic heterocycles. The van der Waals surface area contributed by atoms with Crippen molar-refractivity contribution in [2.75, 3.05) is 6.61 Å². The van der Waals surface area contributed by atoms with Crippen LogP contribution in [0.3, 0.4) is 0 Å². The molecule has 1 aromatic carbocycles. The van der Waals surface area contributed by atoms with E-state index in [9.17, 15) is 24.0 Å². The molecule has 0 saturated carbocycles. The van der Waals surface area contributed by atoms with Gasteiger partial charge in [0.05, 0.1) is 0 Å². The van der Waals surface area contributed by atoms with Crippen molar-refractivity contribution in [1.82, 2.24) is 0 Å². The Kier molecular flexibility index (Phi) is 9.89.